The van der Waals surface area contributed by atoms with Gasteiger partial charge in [-0.25, -0.2) is 19.0 Å². The molecule has 1 saturated heterocycles. The third-order valence-corrected chi connectivity index (χ3v) is 5.21. The third kappa shape index (κ3) is 4.37. The van der Waals surface area contributed by atoms with E-state index in [4.69, 9.17) is 11.6 Å². The van der Waals surface area contributed by atoms with Crippen molar-refractivity contribution >= 4 is 28.9 Å². The average molecular weight is 415 g/mol. The summed E-state index contributed by atoms with van der Waals surface area (Å²) in [7, 11) is 0. The fraction of sp³-hybridized carbons (Fsp3) is 0.300. The van der Waals surface area contributed by atoms with Crippen LogP contribution in [-0.4, -0.2) is 38.7 Å². The van der Waals surface area contributed by atoms with Gasteiger partial charge in [0.25, 0.3) is 0 Å². The first kappa shape index (κ1) is 19.3. The van der Waals surface area contributed by atoms with Crippen molar-refractivity contribution in [2.45, 2.75) is 25.7 Å². The van der Waals surface area contributed by atoms with Crippen molar-refractivity contribution in [3.63, 3.8) is 0 Å². The SMILES string of the molecule is O=C(Cc1c(F)cccc1Cl)Nc1cnn(-c2ncncc2N2CCCCC2)c1. The Labute approximate surface area is 172 Å². The normalized spacial score (nSPS) is 14.1. The monoisotopic (exact) mass is 414 g/mol. The van der Waals surface area contributed by atoms with E-state index in [9.17, 15) is 9.18 Å². The molecule has 1 amide bonds. The molecule has 1 aliphatic rings. The smallest absolute Gasteiger partial charge is 0.229 e. The minimum Gasteiger partial charge on any atom is -0.367 e. The number of anilines is 2. The summed E-state index contributed by atoms with van der Waals surface area (Å²) in [5.41, 5.74) is 1.57. The van der Waals surface area contributed by atoms with Gasteiger partial charge >= 0.3 is 0 Å². The second-order valence-corrected chi connectivity index (χ2v) is 7.29. The van der Waals surface area contributed by atoms with E-state index >= 15 is 0 Å². The molecule has 3 heterocycles. The molecule has 1 aromatic carbocycles. The molecule has 0 radical (unpaired) electrons. The number of piperidine rings is 1. The number of nitrogens with zero attached hydrogens (tertiary/aromatic N) is 5. The van der Waals surface area contributed by atoms with Gasteiger partial charge in [-0.15, -0.1) is 0 Å². The van der Waals surface area contributed by atoms with E-state index in [0.717, 1.165) is 31.6 Å². The van der Waals surface area contributed by atoms with Gasteiger partial charge in [-0.2, -0.15) is 5.10 Å². The highest BCUT2D eigenvalue weighted by Crippen LogP contribution is 2.25. The van der Waals surface area contributed by atoms with E-state index in [1.54, 1.807) is 23.1 Å². The van der Waals surface area contributed by atoms with Gasteiger partial charge in [0.15, 0.2) is 5.82 Å². The second kappa shape index (κ2) is 8.57. The lowest BCUT2D eigenvalue weighted by Crippen LogP contribution is -2.30. The zero-order valence-corrected chi connectivity index (χ0v) is 16.4. The molecule has 29 heavy (non-hydrogen) atoms. The molecule has 0 atom stereocenters. The molecule has 7 nitrogen and oxygen atoms in total. The van der Waals surface area contributed by atoms with Crippen molar-refractivity contribution in [2.75, 3.05) is 23.3 Å². The van der Waals surface area contributed by atoms with Gasteiger partial charge in [-0.3, -0.25) is 4.79 Å². The molecule has 0 saturated carbocycles. The van der Waals surface area contributed by atoms with Crippen molar-refractivity contribution in [1.82, 2.24) is 19.7 Å². The molecule has 0 aliphatic carbocycles. The van der Waals surface area contributed by atoms with Crippen LogP contribution in [0.4, 0.5) is 15.8 Å². The first-order valence-corrected chi connectivity index (χ1v) is 9.82. The predicted octanol–water partition coefficient (Wildman–Crippen LogP) is 3.63. The summed E-state index contributed by atoms with van der Waals surface area (Å²) in [6, 6.07) is 4.34. The molecule has 0 unspecified atom stereocenters. The van der Waals surface area contributed by atoms with E-state index in [0.29, 0.717) is 11.5 Å². The Hall–Kier alpha value is -3.00. The van der Waals surface area contributed by atoms with E-state index < -0.39 is 5.82 Å². The number of nitrogens with one attached hydrogen (secondary N) is 1. The van der Waals surface area contributed by atoms with Crippen LogP contribution in [0.2, 0.25) is 5.02 Å². The Morgan fingerprint density at radius 2 is 2.03 bits per heavy atom. The molecule has 3 aromatic rings. The quantitative estimate of drug-likeness (QED) is 0.690. The fourth-order valence-corrected chi connectivity index (χ4v) is 3.65. The van der Waals surface area contributed by atoms with Crippen LogP contribution >= 0.6 is 11.6 Å². The van der Waals surface area contributed by atoms with E-state index in [2.05, 4.69) is 25.3 Å². The number of benzene rings is 1. The number of aromatic nitrogens is 4. The summed E-state index contributed by atoms with van der Waals surface area (Å²) in [5, 5.41) is 7.28. The average Bonchev–Trinajstić information content (AvgIpc) is 3.20. The maximum absolute atomic E-state index is 13.9. The number of rotatable bonds is 5. The van der Waals surface area contributed by atoms with Crippen molar-refractivity contribution < 1.29 is 9.18 Å². The van der Waals surface area contributed by atoms with Gasteiger partial charge in [0.2, 0.25) is 5.91 Å². The summed E-state index contributed by atoms with van der Waals surface area (Å²) in [4.78, 5) is 23.1. The number of carbonyl (C=O) groups excluding carboxylic acids is 1. The molecule has 4 rings (SSSR count). The van der Waals surface area contributed by atoms with Gasteiger partial charge in [-0.1, -0.05) is 17.7 Å². The zero-order valence-electron chi connectivity index (χ0n) is 15.7. The largest absolute Gasteiger partial charge is 0.367 e. The van der Waals surface area contributed by atoms with Crippen molar-refractivity contribution in [1.29, 1.82) is 0 Å². The van der Waals surface area contributed by atoms with Gasteiger partial charge in [0.05, 0.1) is 30.7 Å². The Balaban J connectivity index is 1.50. The number of hydrogen-bond acceptors (Lipinski definition) is 5. The first-order valence-electron chi connectivity index (χ1n) is 9.44. The first-order chi connectivity index (χ1) is 14.1. The Bertz CT molecular complexity index is 997. The van der Waals surface area contributed by atoms with Crippen molar-refractivity contribution in [2.24, 2.45) is 0 Å². The topological polar surface area (TPSA) is 75.9 Å². The zero-order chi connectivity index (χ0) is 20.2. The van der Waals surface area contributed by atoms with Crippen LogP contribution in [-0.2, 0) is 11.2 Å². The van der Waals surface area contributed by atoms with Gasteiger partial charge in [0.1, 0.15) is 17.8 Å². The maximum atomic E-state index is 13.9. The van der Waals surface area contributed by atoms with Crippen LogP contribution in [0.1, 0.15) is 24.8 Å². The molecule has 0 bridgehead atoms. The van der Waals surface area contributed by atoms with Gasteiger partial charge in [0, 0.05) is 23.7 Å². The third-order valence-electron chi connectivity index (χ3n) is 4.85. The highest BCUT2D eigenvalue weighted by Gasteiger charge is 2.18. The standard InChI is InChI=1S/C20H20ClFN6O/c21-16-5-4-6-17(22)15(16)9-19(29)26-14-10-25-28(12-14)20-18(11-23-13-24-20)27-7-2-1-3-8-27/h4-6,10-13H,1-3,7-9H2,(H,26,29). The second-order valence-electron chi connectivity index (χ2n) is 6.88. The van der Waals surface area contributed by atoms with Crippen LogP contribution in [0, 0.1) is 5.82 Å². The van der Waals surface area contributed by atoms with Crippen LogP contribution in [0.3, 0.4) is 0 Å². The maximum Gasteiger partial charge on any atom is 0.229 e. The molecule has 2 aromatic heterocycles. The summed E-state index contributed by atoms with van der Waals surface area (Å²) in [6.45, 7) is 1.91. The summed E-state index contributed by atoms with van der Waals surface area (Å²) in [5.74, 6) is -0.231. The summed E-state index contributed by atoms with van der Waals surface area (Å²) >= 11 is 6.00. The lowest BCUT2D eigenvalue weighted by molar-refractivity contribution is -0.115. The molecule has 1 N–H and O–H groups in total. The van der Waals surface area contributed by atoms with E-state index in [1.807, 2.05) is 0 Å². The number of amides is 1. The van der Waals surface area contributed by atoms with Crippen LogP contribution in [0.15, 0.2) is 43.1 Å². The minimum atomic E-state index is -0.504. The lowest BCUT2D eigenvalue weighted by Gasteiger charge is -2.29. The number of carbonyl (C=O) groups is 1. The Kier molecular flexibility index (Phi) is 5.71. The van der Waals surface area contributed by atoms with Gasteiger partial charge in [-0.05, 0) is 31.4 Å². The Morgan fingerprint density at radius 1 is 1.21 bits per heavy atom. The van der Waals surface area contributed by atoms with Crippen molar-refractivity contribution in [3.8, 4) is 5.82 Å². The van der Waals surface area contributed by atoms with Crippen LogP contribution < -0.4 is 10.2 Å². The molecule has 9 heteroatoms. The highest BCUT2D eigenvalue weighted by molar-refractivity contribution is 6.31. The molecule has 0 spiro atoms. The molecule has 150 valence electrons. The Morgan fingerprint density at radius 3 is 2.83 bits per heavy atom. The number of hydrogen-bond donors (Lipinski definition) is 1. The van der Waals surface area contributed by atoms with E-state index in [-0.39, 0.29) is 22.9 Å². The fourth-order valence-electron chi connectivity index (χ4n) is 3.42. The van der Waals surface area contributed by atoms with Gasteiger partial charge < -0.3 is 10.2 Å². The lowest BCUT2D eigenvalue weighted by atomic mass is 10.1. The van der Waals surface area contributed by atoms with Crippen molar-refractivity contribution in [3.05, 3.63) is 59.5 Å². The van der Waals surface area contributed by atoms with Crippen LogP contribution in [0.25, 0.3) is 5.82 Å². The molecule has 1 fully saturated rings. The molecule has 1 aliphatic heterocycles. The summed E-state index contributed by atoms with van der Waals surface area (Å²) < 4.78 is 15.5. The minimum absolute atomic E-state index is 0.163. The predicted molar refractivity (Wildman–Crippen MR) is 109 cm³/mol. The summed E-state index contributed by atoms with van der Waals surface area (Å²) in [6.07, 6.45) is 9.80. The van der Waals surface area contributed by atoms with Crippen LogP contribution in [0.5, 0.6) is 0 Å². The molecular weight excluding hydrogens is 395 g/mol. The highest BCUT2D eigenvalue weighted by atomic mass is 35.5. The number of halogens is 2. The van der Waals surface area contributed by atoms with E-state index in [1.165, 1.54) is 31.1 Å². The molecular formula is C20H20ClFN6O.